The van der Waals surface area contributed by atoms with E-state index in [4.69, 9.17) is 20.7 Å². The van der Waals surface area contributed by atoms with Gasteiger partial charge in [0.25, 0.3) is 0 Å². The summed E-state index contributed by atoms with van der Waals surface area (Å²) in [5.41, 5.74) is 16.4. The Labute approximate surface area is 367 Å². The highest BCUT2D eigenvalue weighted by molar-refractivity contribution is 7.52. The van der Waals surface area contributed by atoms with Crippen LogP contribution in [0.4, 0.5) is 4.79 Å². The fourth-order valence-electron chi connectivity index (χ4n) is 8.28. The molecule has 0 bridgehead atoms. The van der Waals surface area contributed by atoms with E-state index in [1.54, 1.807) is 66.7 Å². The molecule has 6 unspecified atom stereocenters. The van der Waals surface area contributed by atoms with Crippen molar-refractivity contribution in [1.82, 2.24) is 10.2 Å². The van der Waals surface area contributed by atoms with Gasteiger partial charge in [-0.15, -0.1) is 0 Å². The summed E-state index contributed by atoms with van der Waals surface area (Å²) in [6.07, 6.45) is -1.13. The third kappa shape index (κ3) is 11.7. The number of para-hydroxylation sites is 1. The van der Waals surface area contributed by atoms with E-state index < -0.39 is 62.0 Å². The average molecular weight is 867 g/mol. The van der Waals surface area contributed by atoms with Crippen LogP contribution in [0.5, 0.6) is 5.75 Å². The maximum atomic E-state index is 14.5. The smallest absolute Gasteiger partial charge is 0.365 e. The van der Waals surface area contributed by atoms with Gasteiger partial charge in [-0.05, 0) is 83.0 Å². The van der Waals surface area contributed by atoms with Crippen LogP contribution in [0, 0.1) is 0 Å². The first-order valence-electron chi connectivity index (χ1n) is 20.8. The summed E-state index contributed by atoms with van der Waals surface area (Å²) in [6.45, 7) is -0.0110. The zero-order valence-electron chi connectivity index (χ0n) is 34.6. The predicted octanol–water partition coefficient (Wildman–Crippen LogP) is 7.69. The highest BCUT2D eigenvalue weighted by Crippen LogP contribution is 2.49. The van der Waals surface area contributed by atoms with E-state index in [1.807, 2.05) is 97.1 Å². The lowest BCUT2D eigenvalue weighted by atomic mass is 9.78. The first-order valence-corrected chi connectivity index (χ1v) is 22.6. The van der Waals surface area contributed by atoms with Crippen molar-refractivity contribution in [1.29, 1.82) is 0 Å². The Kier molecular flexibility index (Phi) is 14.5. The molecule has 7 N–H and O–H groups in total. The number of nitrogens with zero attached hydrogens (tertiary/aromatic N) is 1. The highest BCUT2D eigenvalue weighted by Gasteiger charge is 2.46. The monoisotopic (exact) mass is 866 g/mol. The van der Waals surface area contributed by atoms with E-state index in [0.29, 0.717) is 36.0 Å². The number of primary amides is 2. The van der Waals surface area contributed by atoms with Gasteiger partial charge in [0.05, 0.1) is 24.3 Å². The molecule has 0 spiro atoms. The third-order valence-corrected chi connectivity index (χ3v) is 12.4. The quantitative estimate of drug-likeness (QED) is 0.0511. The minimum Gasteiger partial charge on any atom is -0.481 e. The molecule has 1 aliphatic heterocycles. The minimum atomic E-state index is -4.46. The number of carbonyl (C=O) groups excluding carboxylic acids is 3. The first kappa shape index (κ1) is 44.5. The Morgan fingerprint density at radius 3 is 1.90 bits per heavy atom. The van der Waals surface area contributed by atoms with Crippen LogP contribution in [-0.4, -0.2) is 57.3 Å². The second-order valence-corrected chi connectivity index (χ2v) is 17.5. The molecule has 0 radical (unpaired) electrons. The van der Waals surface area contributed by atoms with Crippen LogP contribution in [0.15, 0.2) is 164 Å². The van der Waals surface area contributed by atoms with Gasteiger partial charge in [0.1, 0.15) is 5.75 Å². The number of urea groups is 1. The second-order valence-electron chi connectivity index (χ2n) is 15.8. The Morgan fingerprint density at radius 1 is 0.698 bits per heavy atom. The molecule has 6 aromatic carbocycles. The summed E-state index contributed by atoms with van der Waals surface area (Å²) in [6, 6.07) is 47.0. The van der Waals surface area contributed by atoms with Crippen LogP contribution >= 0.6 is 7.60 Å². The van der Waals surface area contributed by atoms with E-state index in [0.717, 1.165) is 16.7 Å². The fourth-order valence-corrected chi connectivity index (χ4v) is 9.23. The Hall–Kier alpha value is -6.56. The van der Waals surface area contributed by atoms with Crippen molar-refractivity contribution in [3.63, 3.8) is 0 Å². The standard InChI is InChI=1S/C50H51N4O8P/c51-48(56)39-22-12-18-36(28-39)30-42(41-24-10-11-25-44(41)61-33-63(59,60)62-45(38-20-8-3-9-21-38)31-35-16-6-2-7-17-35)46-47(55)43(27-26-34-14-4-1-5-15-34)53-50(58)54(46)32-37-19-13-23-40(29-37)49(52)57/h1-25,28-29,42-43,45-47,55H,26-27,30-33H2,(H2,51,56)(H2,52,57)(H,53,58)(H,59,60). The number of amides is 4. The number of carbonyl (C=O) groups is 3. The van der Waals surface area contributed by atoms with Crippen LogP contribution in [0.3, 0.4) is 0 Å². The van der Waals surface area contributed by atoms with Gasteiger partial charge < -0.3 is 36.4 Å². The Balaban J connectivity index is 1.26. The number of benzene rings is 6. The minimum absolute atomic E-state index is 0.0110. The molecule has 6 atom stereocenters. The lowest BCUT2D eigenvalue weighted by Crippen LogP contribution is -2.66. The van der Waals surface area contributed by atoms with Crippen molar-refractivity contribution in [2.24, 2.45) is 11.5 Å². The van der Waals surface area contributed by atoms with Crippen LogP contribution in [0.1, 0.15) is 72.5 Å². The number of hydrogen-bond acceptors (Lipinski definition) is 7. The summed E-state index contributed by atoms with van der Waals surface area (Å²) in [7, 11) is -4.46. The summed E-state index contributed by atoms with van der Waals surface area (Å²) in [4.78, 5) is 52.0. The van der Waals surface area contributed by atoms with Crippen molar-refractivity contribution in [2.45, 2.75) is 62.4 Å². The van der Waals surface area contributed by atoms with Gasteiger partial charge in [0.2, 0.25) is 11.8 Å². The van der Waals surface area contributed by atoms with Crippen molar-refractivity contribution >= 4 is 25.4 Å². The molecule has 63 heavy (non-hydrogen) atoms. The molecule has 1 aliphatic rings. The Bertz CT molecular complexity index is 2540. The van der Waals surface area contributed by atoms with Gasteiger partial charge in [0, 0.05) is 30.0 Å². The first-order chi connectivity index (χ1) is 30.4. The molecule has 4 amide bonds. The van der Waals surface area contributed by atoms with Crippen molar-refractivity contribution in [3.05, 3.63) is 208 Å². The van der Waals surface area contributed by atoms with Crippen LogP contribution in [-0.2, 0) is 34.9 Å². The molecule has 1 heterocycles. The molecule has 1 saturated heterocycles. The molecule has 12 nitrogen and oxygen atoms in total. The molecule has 7 rings (SSSR count). The molecule has 13 heteroatoms. The normalized spacial score (nSPS) is 18.1. The van der Waals surface area contributed by atoms with E-state index >= 15 is 0 Å². The van der Waals surface area contributed by atoms with Crippen molar-refractivity contribution < 1.29 is 38.2 Å². The van der Waals surface area contributed by atoms with Gasteiger partial charge in [0.15, 0.2) is 6.35 Å². The molecule has 324 valence electrons. The number of hydrogen-bond donors (Lipinski definition) is 5. The molecule has 0 saturated carbocycles. The number of nitrogens with two attached hydrogens (primary N) is 2. The van der Waals surface area contributed by atoms with Crippen LogP contribution in [0.2, 0.25) is 0 Å². The van der Waals surface area contributed by atoms with Gasteiger partial charge in [-0.1, -0.05) is 133 Å². The van der Waals surface area contributed by atoms with Crippen molar-refractivity contribution in [3.8, 4) is 5.75 Å². The van der Waals surface area contributed by atoms with Gasteiger partial charge >= 0.3 is 13.6 Å². The summed E-state index contributed by atoms with van der Waals surface area (Å²) in [5, 5.41) is 15.6. The maximum Gasteiger partial charge on any atom is 0.365 e. The topological polar surface area (TPSA) is 195 Å². The lowest BCUT2D eigenvalue weighted by Gasteiger charge is -2.47. The molecule has 0 aromatic heterocycles. The van der Waals surface area contributed by atoms with Crippen molar-refractivity contribution in [2.75, 3.05) is 6.35 Å². The molecule has 0 aliphatic carbocycles. The van der Waals surface area contributed by atoms with E-state index in [2.05, 4.69) is 5.32 Å². The summed E-state index contributed by atoms with van der Waals surface area (Å²) in [5.74, 6) is -1.75. The number of aryl methyl sites for hydroxylation is 1. The van der Waals surface area contributed by atoms with Gasteiger partial charge in [-0.2, -0.15) is 0 Å². The number of aliphatic hydroxyl groups excluding tert-OH is 1. The number of aliphatic hydroxyl groups is 1. The molecule has 1 fully saturated rings. The molecular weight excluding hydrogens is 816 g/mol. The van der Waals surface area contributed by atoms with Gasteiger partial charge in [-0.3, -0.25) is 18.7 Å². The van der Waals surface area contributed by atoms with E-state index in [9.17, 15) is 28.9 Å². The van der Waals surface area contributed by atoms with Crippen LogP contribution < -0.4 is 21.5 Å². The molecule has 6 aromatic rings. The van der Waals surface area contributed by atoms with Gasteiger partial charge in [-0.25, -0.2) is 4.79 Å². The second kappa shape index (κ2) is 20.5. The number of nitrogens with one attached hydrogen (secondary N) is 1. The lowest BCUT2D eigenvalue weighted by molar-refractivity contribution is -0.00215. The SMILES string of the molecule is NC(=O)c1cccc(CC(c2ccccc2OCP(=O)(O)OC(Cc2ccccc2)c2ccccc2)C2C(O)C(CCc3ccccc3)NC(=O)N2Cc2cccc(C(N)=O)c2)c1. The largest absolute Gasteiger partial charge is 0.481 e. The zero-order chi connectivity index (χ0) is 44.3. The Morgan fingerprint density at radius 2 is 1.25 bits per heavy atom. The van der Waals surface area contributed by atoms with E-state index in [-0.39, 0.29) is 29.8 Å². The maximum absolute atomic E-state index is 14.5. The number of ether oxygens (including phenoxy) is 1. The predicted molar refractivity (Wildman–Crippen MR) is 241 cm³/mol. The zero-order valence-corrected chi connectivity index (χ0v) is 35.5. The molecular formula is C50H51N4O8P. The summed E-state index contributed by atoms with van der Waals surface area (Å²) < 4.78 is 26.3. The third-order valence-electron chi connectivity index (χ3n) is 11.4. The fraction of sp³-hybridized carbons (Fsp3) is 0.220. The average Bonchev–Trinajstić information content (AvgIpc) is 3.29. The van der Waals surface area contributed by atoms with E-state index in [1.165, 1.54) is 4.90 Å². The number of rotatable bonds is 19. The summed E-state index contributed by atoms with van der Waals surface area (Å²) >= 11 is 0. The van der Waals surface area contributed by atoms with Crippen LogP contribution in [0.25, 0.3) is 0 Å². The highest BCUT2D eigenvalue weighted by atomic mass is 31.2.